The molecular weight excluding hydrogens is 339 g/mol. The second-order valence-corrected chi connectivity index (χ2v) is 6.82. The summed E-state index contributed by atoms with van der Waals surface area (Å²) in [7, 11) is 0. The van der Waals surface area contributed by atoms with Gasteiger partial charge in [-0.2, -0.15) is 13.2 Å². The Kier molecular flexibility index (Phi) is 5.19. The van der Waals surface area contributed by atoms with Crippen molar-refractivity contribution < 1.29 is 28.5 Å². The van der Waals surface area contributed by atoms with Gasteiger partial charge in [-0.1, -0.05) is 0 Å². The molecule has 0 radical (unpaired) electrons. The van der Waals surface area contributed by atoms with Crippen LogP contribution in [0.2, 0.25) is 0 Å². The minimum atomic E-state index is -4.45. The zero-order valence-electron chi connectivity index (χ0n) is 13.6. The molecular formula is C16H22F3N3O3. The van der Waals surface area contributed by atoms with Gasteiger partial charge in [0.1, 0.15) is 11.9 Å². The number of likely N-dealkylation sites (tertiary alicyclic amines) is 1. The Bertz CT molecular complexity index is 589. The molecule has 0 spiro atoms. The first-order valence-corrected chi connectivity index (χ1v) is 8.29. The summed E-state index contributed by atoms with van der Waals surface area (Å²) in [5.74, 6) is 0.0596. The zero-order chi connectivity index (χ0) is 18.2. The zero-order valence-corrected chi connectivity index (χ0v) is 13.6. The molecule has 0 amide bonds. The van der Waals surface area contributed by atoms with Gasteiger partial charge in [0.15, 0.2) is 0 Å². The Balaban J connectivity index is 1.63. The SMILES string of the molecule is OC1[C@H](O)CN(C[C@@H]2CCN(c3ncccc3C(F)(F)F)C2)C[C@@H]1O. The van der Waals surface area contributed by atoms with E-state index in [4.69, 9.17) is 0 Å². The van der Waals surface area contributed by atoms with Gasteiger partial charge in [-0.15, -0.1) is 0 Å². The normalized spacial score (nSPS) is 31.5. The van der Waals surface area contributed by atoms with Crippen LogP contribution in [-0.4, -0.2) is 76.2 Å². The average Bonchev–Trinajstić information content (AvgIpc) is 3.00. The topological polar surface area (TPSA) is 80.1 Å². The smallest absolute Gasteiger partial charge is 0.389 e. The van der Waals surface area contributed by atoms with Gasteiger partial charge in [0, 0.05) is 38.9 Å². The minimum Gasteiger partial charge on any atom is -0.389 e. The summed E-state index contributed by atoms with van der Waals surface area (Å²) in [6.07, 6.45) is -5.57. The van der Waals surface area contributed by atoms with Crippen LogP contribution in [0.25, 0.3) is 0 Å². The molecule has 2 aliphatic rings. The number of anilines is 1. The van der Waals surface area contributed by atoms with E-state index in [1.165, 1.54) is 12.3 Å². The number of aliphatic hydroxyl groups is 3. The quantitative estimate of drug-likeness (QED) is 0.720. The molecule has 0 bridgehead atoms. The molecule has 9 heteroatoms. The number of aromatic nitrogens is 1. The molecule has 3 heterocycles. The third-order valence-electron chi connectivity index (χ3n) is 4.87. The van der Waals surface area contributed by atoms with Crippen LogP contribution in [0.5, 0.6) is 0 Å². The fourth-order valence-corrected chi connectivity index (χ4v) is 3.63. The summed E-state index contributed by atoms with van der Waals surface area (Å²) in [5.41, 5.74) is -0.734. The van der Waals surface area contributed by atoms with E-state index in [-0.39, 0.29) is 24.8 Å². The van der Waals surface area contributed by atoms with Gasteiger partial charge in [-0.05, 0) is 24.5 Å². The maximum absolute atomic E-state index is 13.1. The van der Waals surface area contributed by atoms with Crippen LogP contribution in [0.15, 0.2) is 18.3 Å². The molecule has 1 aromatic heterocycles. The van der Waals surface area contributed by atoms with E-state index in [2.05, 4.69) is 4.98 Å². The van der Waals surface area contributed by atoms with E-state index in [0.717, 1.165) is 6.07 Å². The van der Waals surface area contributed by atoms with Gasteiger partial charge in [-0.3, -0.25) is 4.90 Å². The molecule has 1 unspecified atom stereocenters. The minimum absolute atomic E-state index is 0.0494. The Morgan fingerprint density at radius 3 is 2.44 bits per heavy atom. The highest BCUT2D eigenvalue weighted by atomic mass is 19.4. The summed E-state index contributed by atoms with van der Waals surface area (Å²) in [5, 5.41) is 29.1. The maximum Gasteiger partial charge on any atom is 0.419 e. The maximum atomic E-state index is 13.1. The molecule has 2 aliphatic heterocycles. The van der Waals surface area contributed by atoms with Crippen molar-refractivity contribution in [3.63, 3.8) is 0 Å². The Morgan fingerprint density at radius 2 is 1.80 bits per heavy atom. The van der Waals surface area contributed by atoms with Gasteiger partial charge in [0.05, 0.1) is 17.8 Å². The molecule has 2 fully saturated rings. The molecule has 0 aliphatic carbocycles. The predicted octanol–water partition coefficient (Wildman–Crippen LogP) is 0.325. The Morgan fingerprint density at radius 1 is 1.12 bits per heavy atom. The molecule has 0 saturated carbocycles. The highest BCUT2D eigenvalue weighted by Crippen LogP contribution is 2.36. The monoisotopic (exact) mass is 361 g/mol. The van der Waals surface area contributed by atoms with Gasteiger partial charge < -0.3 is 20.2 Å². The van der Waals surface area contributed by atoms with E-state index in [1.807, 2.05) is 4.90 Å². The van der Waals surface area contributed by atoms with E-state index < -0.39 is 30.1 Å². The van der Waals surface area contributed by atoms with Crippen LogP contribution in [-0.2, 0) is 6.18 Å². The van der Waals surface area contributed by atoms with Crippen LogP contribution in [0, 0.1) is 5.92 Å². The Labute approximate surface area is 143 Å². The van der Waals surface area contributed by atoms with Crippen molar-refractivity contribution in [1.29, 1.82) is 0 Å². The molecule has 4 atom stereocenters. The van der Waals surface area contributed by atoms with E-state index in [1.54, 1.807) is 4.90 Å². The summed E-state index contributed by atoms with van der Waals surface area (Å²) in [6.45, 7) is 1.95. The van der Waals surface area contributed by atoms with Crippen molar-refractivity contribution in [3.05, 3.63) is 23.9 Å². The number of rotatable bonds is 3. The Hall–Kier alpha value is -1.42. The van der Waals surface area contributed by atoms with Gasteiger partial charge >= 0.3 is 6.18 Å². The number of halogens is 3. The number of alkyl halides is 3. The van der Waals surface area contributed by atoms with Crippen molar-refractivity contribution in [1.82, 2.24) is 9.88 Å². The molecule has 3 N–H and O–H groups in total. The highest BCUT2D eigenvalue weighted by molar-refractivity contribution is 5.49. The van der Waals surface area contributed by atoms with Crippen LogP contribution in [0.4, 0.5) is 19.0 Å². The number of piperidine rings is 1. The lowest BCUT2D eigenvalue weighted by Crippen LogP contribution is -2.56. The van der Waals surface area contributed by atoms with E-state index in [0.29, 0.717) is 26.1 Å². The predicted molar refractivity (Wildman–Crippen MR) is 84.0 cm³/mol. The van der Waals surface area contributed by atoms with E-state index >= 15 is 0 Å². The molecule has 140 valence electrons. The number of β-amino-alcohol motifs (C(OH)–C–C–N with tert-alkyl or cyclic N) is 2. The van der Waals surface area contributed by atoms with Gasteiger partial charge in [-0.25, -0.2) is 4.98 Å². The van der Waals surface area contributed by atoms with Crippen LogP contribution < -0.4 is 4.90 Å². The van der Waals surface area contributed by atoms with Crippen molar-refractivity contribution in [2.75, 3.05) is 37.6 Å². The molecule has 3 rings (SSSR count). The average molecular weight is 361 g/mol. The van der Waals surface area contributed by atoms with Crippen LogP contribution >= 0.6 is 0 Å². The highest BCUT2D eigenvalue weighted by Gasteiger charge is 2.38. The number of hydrogen-bond acceptors (Lipinski definition) is 6. The number of aliphatic hydroxyl groups excluding tert-OH is 3. The third kappa shape index (κ3) is 4.05. The lowest BCUT2D eigenvalue weighted by Gasteiger charge is -2.38. The van der Waals surface area contributed by atoms with Crippen LogP contribution in [0.1, 0.15) is 12.0 Å². The molecule has 2 saturated heterocycles. The first-order chi connectivity index (χ1) is 11.8. The van der Waals surface area contributed by atoms with Crippen molar-refractivity contribution in [2.45, 2.75) is 30.9 Å². The standard InChI is InChI=1S/C16H22F3N3O3/c17-16(18,19)11-2-1-4-20-15(11)22-5-3-10(7-22)6-21-8-12(23)14(25)13(24)9-21/h1-2,4,10,12-14,23-25H,3,5-9H2/t10-,12-,13+,14?/m0/s1. The van der Waals surface area contributed by atoms with Crippen molar-refractivity contribution in [3.8, 4) is 0 Å². The van der Waals surface area contributed by atoms with E-state index in [9.17, 15) is 28.5 Å². The van der Waals surface area contributed by atoms with Gasteiger partial charge in [0.25, 0.3) is 0 Å². The lowest BCUT2D eigenvalue weighted by atomic mass is 10.00. The second-order valence-electron chi connectivity index (χ2n) is 6.82. The lowest BCUT2D eigenvalue weighted by molar-refractivity contribution is -0.137. The van der Waals surface area contributed by atoms with Crippen molar-refractivity contribution >= 4 is 5.82 Å². The van der Waals surface area contributed by atoms with Crippen molar-refractivity contribution in [2.24, 2.45) is 5.92 Å². The second kappa shape index (κ2) is 7.06. The molecule has 1 aromatic rings. The number of nitrogens with zero attached hydrogens (tertiary/aromatic N) is 3. The molecule has 6 nitrogen and oxygen atoms in total. The molecule has 25 heavy (non-hydrogen) atoms. The number of pyridine rings is 1. The first-order valence-electron chi connectivity index (χ1n) is 8.29. The summed E-state index contributed by atoms with van der Waals surface area (Å²) >= 11 is 0. The van der Waals surface area contributed by atoms with Gasteiger partial charge in [0.2, 0.25) is 0 Å². The third-order valence-corrected chi connectivity index (χ3v) is 4.87. The summed E-state index contributed by atoms with van der Waals surface area (Å²) < 4.78 is 39.4. The largest absolute Gasteiger partial charge is 0.419 e. The summed E-state index contributed by atoms with van der Waals surface area (Å²) in [6, 6.07) is 2.32. The molecule has 0 aromatic carbocycles. The summed E-state index contributed by atoms with van der Waals surface area (Å²) in [4.78, 5) is 7.41. The number of hydrogen-bond donors (Lipinski definition) is 3. The van der Waals surface area contributed by atoms with Crippen LogP contribution in [0.3, 0.4) is 0 Å². The first kappa shape index (κ1) is 18.4. The fourth-order valence-electron chi connectivity index (χ4n) is 3.63. The fraction of sp³-hybridized carbons (Fsp3) is 0.688.